The van der Waals surface area contributed by atoms with E-state index < -0.39 is 11.7 Å². The number of rotatable bonds is 4. The number of nitrogens with one attached hydrogen (secondary N) is 1. The molecule has 2 nitrogen and oxygen atoms in total. The monoisotopic (exact) mass is 287 g/mol. The number of anilines is 1. The second-order valence-corrected chi connectivity index (χ2v) is 5.49. The minimum Gasteiger partial charge on any atom is -0.396 e. The topological polar surface area (TPSA) is 32.3 Å². The van der Waals surface area contributed by atoms with Gasteiger partial charge in [-0.15, -0.1) is 0 Å². The average Bonchev–Trinajstić information content (AvgIpc) is 2.45. The summed E-state index contributed by atoms with van der Waals surface area (Å²) in [4.78, 5) is 0. The molecule has 20 heavy (non-hydrogen) atoms. The zero-order valence-corrected chi connectivity index (χ0v) is 11.3. The van der Waals surface area contributed by atoms with Gasteiger partial charge in [0.2, 0.25) is 0 Å². The van der Waals surface area contributed by atoms with Crippen molar-refractivity contribution in [1.82, 2.24) is 0 Å². The third kappa shape index (κ3) is 3.88. The predicted octanol–water partition coefficient (Wildman–Crippen LogP) is 3.92. The predicted molar refractivity (Wildman–Crippen MR) is 72.5 cm³/mol. The summed E-state index contributed by atoms with van der Waals surface area (Å²) < 4.78 is 38.5. The quantitative estimate of drug-likeness (QED) is 0.880. The molecule has 1 aliphatic rings. The second-order valence-electron chi connectivity index (χ2n) is 5.49. The first-order valence-corrected chi connectivity index (χ1v) is 7.01. The molecule has 0 atom stereocenters. The molecule has 0 radical (unpaired) electrons. The Hall–Kier alpha value is -1.23. The van der Waals surface area contributed by atoms with Crippen LogP contribution in [0, 0.1) is 11.8 Å². The zero-order chi connectivity index (χ0) is 14.6. The molecule has 2 rings (SSSR count). The summed E-state index contributed by atoms with van der Waals surface area (Å²) in [7, 11) is 0. The van der Waals surface area contributed by atoms with Gasteiger partial charge in [0.1, 0.15) is 0 Å². The first-order chi connectivity index (χ1) is 9.50. The van der Waals surface area contributed by atoms with Gasteiger partial charge in [0, 0.05) is 18.8 Å². The number of hydrogen-bond donors (Lipinski definition) is 2. The van der Waals surface area contributed by atoms with Gasteiger partial charge in [-0.05, 0) is 49.7 Å². The number of halogens is 3. The van der Waals surface area contributed by atoms with Crippen LogP contribution in [-0.2, 0) is 6.18 Å². The second kappa shape index (κ2) is 6.48. The van der Waals surface area contributed by atoms with E-state index in [-0.39, 0.29) is 12.3 Å². The molecule has 0 unspecified atom stereocenters. The standard InChI is InChI=1S/C15H20F3NO/c16-15(17,18)13-3-1-2-4-14(13)19-9-11-5-7-12(10-20)8-6-11/h1-4,11-12,19-20H,5-10H2. The Morgan fingerprint density at radius 3 is 2.25 bits per heavy atom. The van der Waals surface area contributed by atoms with E-state index in [1.54, 1.807) is 6.07 Å². The number of aliphatic hydroxyl groups excluding tert-OH is 1. The van der Waals surface area contributed by atoms with Crippen molar-refractivity contribution in [3.8, 4) is 0 Å². The molecule has 0 saturated heterocycles. The fraction of sp³-hybridized carbons (Fsp3) is 0.600. The number of hydrogen-bond acceptors (Lipinski definition) is 2. The first-order valence-electron chi connectivity index (χ1n) is 7.01. The van der Waals surface area contributed by atoms with Crippen LogP contribution in [0.3, 0.4) is 0 Å². The highest BCUT2D eigenvalue weighted by molar-refractivity contribution is 5.52. The van der Waals surface area contributed by atoms with Crippen molar-refractivity contribution in [3.63, 3.8) is 0 Å². The summed E-state index contributed by atoms with van der Waals surface area (Å²) in [6.45, 7) is 0.780. The molecule has 0 heterocycles. The summed E-state index contributed by atoms with van der Waals surface area (Å²) in [6.07, 6.45) is -0.468. The van der Waals surface area contributed by atoms with Crippen LogP contribution in [0.15, 0.2) is 24.3 Å². The van der Waals surface area contributed by atoms with Gasteiger partial charge < -0.3 is 10.4 Å². The van der Waals surface area contributed by atoms with Crippen LogP contribution in [0.2, 0.25) is 0 Å². The summed E-state index contributed by atoms with van der Waals surface area (Å²) in [6, 6.07) is 5.59. The number of alkyl halides is 3. The van der Waals surface area contributed by atoms with Gasteiger partial charge in [0.05, 0.1) is 5.56 Å². The van der Waals surface area contributed by atoms with Crippen molar-refractivity contribution in [2.45, 2.75) is 31.9 Å². The van der Waals surface area contributed by atoms with Crippen molar-refractivity contribution in [3.05, 3.63) is 29.8 Å². The van der Waals surface area contributed by atoms with Crippen LogP contribution in [-0.4, -0.2) is 18.3 Å². The maximum absolute atomic E-state index is 12.8. The molecule has 1 aromatic carbocycles. The highest BCUT2D eigenvalue weighted by atomic mass is 19.4. The first kappa shape index (κ1) is 15.2. The molecule has 0 spiro atoms. The van der Waals surface area contributed by atoms with Gasteiger partial charge in [-0.25, -0.2) is 0 Å². The van der Waals surface area contributed by atoms with Gasteiger partial charge in [0.25, 0.3) is 0 Å². The molecule has 2 N–H and O–H groups in total. The largest absolute Gasteiger partial charge is 0.418 e. The van der Waals surface area contributed by atoms with Gasteiger partial charge in [0.15, 0.2) is 0 Å². The third-order valence-corrected chi connectivity index (χ3v) is 4.04. The van der Waals surface area contributed by atoms with Crippen molar-refractivity contribution in [2.24, 2.45) is 11.8 Å². The summed E-state index contributed by atoms with van der Waals surface area (Å²) in [5, 5.41) is 12.0. The van der Waals surface area contributed by atoms with Gasteiger partial charge in [-0.2, -0.15) is 13.2 Å². The Morgan fingerprint density at radius 2 is 1.65 bits per heavy atom. The molecule has 1 aliphatic carbocycles. The van der Waals surface area contributed by atoms with Crippen LogP contribution in [0.25, 0.3) is 0 Å². The van der Waals surface area contributed by atoms with E-state index in [9.17, 15) is 13.2 Å². The number of para-hydroxylation sites is 1. The van der Waals surface area contributed by atoms with Crippen molar-refractivity contribution < 1.29 is 18.3 Å². The Balaban J connectivity index is 1.92. The lowest BCUT2D eigenvalue weighted by Crippen LogP contribution is -2.23. The van der Waals surface area contributed by atoms with Crippen LogP contribution in [0.1, 0.15) is 31.2 Å². The number of aliphatic hydroxyl groups is 1. The summed E-state index contributed by atoms with van der Waals surface area (Å²) >= 11 is 0. The Morgan fingerprint density at radius 1 is 1.05 bits per heavy atom. The molecule has 1 aromatic rings. The Kier molecular flexibility index (Phi) is 4.91. The highest BCUT2D eigenvalue weighted by Gasteiger charge is 2.33. The fourth-order valence-corrected chi connectivity index (χ4v) is 2.76. The van der Waals surface area contributed by atoms with Crippen molar-refractivity contribution in [2.75, 3.05) is 18.5 Å². The molecule has 5 heteroatoms. The van der Waals surface area contributed by atoms with Crippen LogP contribution < -0.4 is 5.32 Å². The molecular formula is C15H20F3NO. The van der Waals surface area contributed by atoms with Crippen LogP contribution >= 0.6 is 0 Å². The molecule has 0 amide bonds. The van der Waals surface area contributed by atoms with Crippen LogP contribution in [0.5, 0.6) is 0 Å². The number of benzene rings is 1. The normalized spacial score (nSPS) is 23.6. The maximum Gasteiger partial charge on any atom is 0.418 e. The molecule has 112 valence electrons. The van der Waals surface area contributed by atoms with Gasteiger partial charge >= 0.3 is 6.18 Å². The third-order valence-electron chi connectivity index (χ3n) is 4.04. The molecule has 1 fully saturated rings. The van der Waals surface area contributed by atoms with E-state index in [1.807, 2.05) is 0 Å². The Bertz CT molecular complexity index is 425. The zero-order valence-electron chi connectivity index (χ0n) is 11.3. The SMILES string of the molecule is OCC1CCC(CNc2ccccc2C(F)(F)F)CC1. The highest BCUT2D eigenvalue weighted by Crippen LogP contribution is 2.35. The summed E-state index contributed by atoms with van der Waals surface area (Å²) in [5.41, 5.74) is -0.451. The smallest absolute Gasteiger partial charge is 0.396 e. The van der Waals surface area contributed by atoms with Gasteiger partial charge in [-0.3, -0.25) is 0 Å². The Labute approximate surface area is 117 Å². The molecule has 0 bridgehead atoms. The maximum atomic E-state index is 12.8. The van der Waals surface area contributed by atoms with Gasteiger partial charge in [-0.1, -0.05) is 12.1 Å². The summed E-state index contributed by atoms with van der Waals surface area (Å²) in [5.74, 6) is 0.757. The molecular weight excluding hydrogens is 267 g/mol. The molecule has 0 aromatic heterocycles. The lowest BCUT2D eigenvalue weighted by molar-refractivity contribution is -0.137. The lowest BCUT2D eigenvalue weighted by atomic mass is 9.82. The average molecular weight is 287 g/mol. The fourth-order valence-electron chi connectivity index (χ4n) is 2.76. The van der Waals surface area contributed by atoms with E-state index in [1.165, 1.54) is 12.1 Å². The minimum absolute atomic E-state index is 0.157. The van der Waals surface area contributed by atoms with Crippen LogP contribution in [0.4, 0.5) is 18.9 Å². The van der Waals surface area contributed by atoms with E-state index >= 15 is 0 Å². The van der Waals surface area contributed by atoms with Crippen molar-refractivity contribution >= 4 is 5.69 Å². The van der Waals surface area contributed by atoms with E-state index in [0.717, 1.165) is 31.7 Å². The van der Waals surface area contributed by atoms with E-state index in [0.29, 0.717) is 18.4 Å². The lowest BCUT2D eigenvalue weighted by Gasteiger charge is -2.28. The molecule has 0 aliphatic heterocycles. The van der Waals surface area contributed by atoms with E-state index in [4.69, 9.17) is 5.11 Å². The molecule has 1 saturated carbocycles. The van der Waals surface area contributed by atoms with E-state index in [2.05, 4.69) is 5.32 Å². The minimum atomic E-state index is -4.32. The van der Waals surface area contributed by atoms with Crippen molar-refractivity contribution in [1.29, 1.82) is 0 Å².